The highest BCUT2D eigenvalue weighted by atomic mass is 19.1. The molecule has 0 bridgehead atoms. The molecule has 3 rings (SSSR count). The van der Waals surface area contributed by atoms with Gasteiger partial charge in [-0.3, -0.25) is 9.80 Å². The molecular weight excluding hydrogens is 255 g/mol. The summed E-state index contributed by atoms with van der Waals surface area (Å²) in [6, 6.07) is 7.11. The van der Waals surface area contributed by atoms with Gasteiger partial charge >= 0.3 is 0 Å². The quantitative estimate of drug-likeness (QED) is 0.820. The molecule has 0 saturated carbocycles. The lowest BCUT2D eigenvalue weighted by Gasteiger charge is -2.51. The molecule has 1 aromatic rings. The summed E-state index contributed by atoms with van der Waals surface area (Å²) in [5, 5.41) is 0. The van der Waals surface area contributed by atoms with Gasteiger partial charge in [0.2, 0.25) is 0 Å². The number of hydrogen-bond acceptors (Lipinski definition) is 3. The Morgan fingerprint density at radius 2 is 2.05 bits per heavy atom. The zero-order valence-electron chi connectivity index (χ0n) is 12.1. The van der Waals surface area contributed by atoms with E-state index in [1.165, 1.54) is 19.4 Å². The van der Waals surface area contributed by atoms with E-state index in [2.05, 4.69) is 9.80 Å². The van der Waals surface area contributed by atoms with Gasteiger partial charge in [0, 0.05) is 50.9 Å². The van der Waals surface area contributed by atoms with E-state index >= 15 is 0 Å². The maximum absolute atomic E-state index is 13.7. The van der Waals surface area contributed by atoms with E-state index in [1.54, 1.807) is 19.2 Å². The van der Waals surface area contributed by atoms with E-state index in [1.807, 2.05) is 12.1 Å². The number of nitrogens with zero attached hydrogens (tertiary/aromatic N) is 2. The Labute approximate surface area is 120 Å². The molecule has 1 aromatic carbocycles. The van der Waals surface area contributed by atoms with Gasteiger partial charge in [0.25, 0.3) is 0 Å². The van der Waals surface area contributed by atoms with E-state index in [0.29, 0.717) is 5.54 Å². The van der Waals surface area contributed by atoms with Gasteiger partial charge in [-0.1, -0.05) is 18.2 Å². The summed E-state index contributed by atoms with van der Waals surface area (Å²) in [6.45, 7) is 5.85. The second kappa shape index (κ2) is 5.80. The lowest BCUT2D eigenvalue weighted by Crippen LogP contribution is -2.61. The van der Waals surface area contributed by atoms with E-state index in [4.69, 9.17) is 4.74 Å². The molecule has 2 fully saturated rings. The van der Waals surface area contributed by atoms with Crippen molar-refractivity contribution in [3.8, 4) is 0 Å². The summed E-state index contributed by atoms with van der Waals surface area (Å²) in [4.78, 5) is 4.93. The first-order valence-corrected chi connectivity index (χ1v) is 7.43. The van der Waals surface area contributed by atoms with Gasteiger partial charge in [0.15, 0.2) is 0 Å². The van der Waals surface area contributed by atoms with Crippen molar-refractivity contribution in [2.75, 3.05) is 39.9 Å². The monoisotopic (exact) mass is 278 g/mol. The maximum atomic E-state index is 13.7. The van der Waals surface area contributed by atoms with Crippen LogP contribution < -0.4 is 0 Å². The number of halogens is 1. The molecule has 1 atom stereocenters. The minimum Gasteiger partial charge on any atom is -0.383 e. The molecule has 3 nitrogen and oxygen atoms in total. The molecule has 2 heterocycles. The third kappa shape index (κ3) is 2.60. The highest BCUT2D eigenvalue weighted by molar-refractivity contribution is 5.18. The van der Waals surface area contributed by atoms with Gasteiger partial charge in [-0.2, -0.15) is 0 Å². The molecule has 20 heavy (non-hydrogen) atoms. The average molecular weight is 278 g/mol. The number of benzene rings is 1. The fraction of sp³-hybridized carbons (Fsp3) is 0.625. The molecule has 2 saturated heterocycles. The lowest BCUT2D eigenvalue weighted by atomic mass is 9.84. The number of rotatable bonds is 5. The van der Waals surface area contributed by atoms with Crippen molar-refractivity contribution in [2.45, 2.75) is 24.9 Å². The van der Waals surface area contributed by atoms with Crippen LogP contribution in [0.2, 0.25) is 0 Å². The highest BCUT2D eigenvalue weighted by Crippen LogP contribution is 2.39. The van der Waals surface area contributed by atoms with Crippen molar-refractivity contribution in [3.63, 3.8) is 0 Å². The summed E-state index contributed by atoms with van der Waals surface area (Å²) in [5.74, 6) is -0.0849. The SMILES string of the molecule is COCCN1CCC12CCN(Cc1ccccc1F)C2. The van der Waals surface area contributed by atoms with Crippen LogP contribution in [0.4, 0.5) is 4.39 Å². The van der Waals surface area contributed by atoms with E-state index in [-0.39, 0.29) is 5.82 Å². The van der Waals surface area contributed by atoms with Gasteiger partial charge in [0.1, 0.15) is 5.82 Å². The molecule has 0 N–H and O–H groups in total. The molecule has 2 aliphatic heterocycles. The van der Waals surface area contributed by atoms with Crippen molar-refractivity contribution in [1.82, 2.24) is 9.80 Å². The second-order valence-corrected chi connectivity index (χ2v) is 6.01. The zero-order valence-corrected chi connectivity index (χ0v) is 12.1. The van der Waals surface area contributed by atoms with Crippen LogP contribution in [0, 0.1) is 5.82 Å². The Morgan fingerprint density at radius 1 is 1.25 bits per heavy atom. The Hall–Kier alpha value is -0.970. The Morgan fingerprint density at radius 3 is 2.75 bits per heavy atom. The first-order valence-electron chi connectivity index (χ1n) is 7.43. The van der Waals surface area contributed by atoms with Crippen LogP contribution >= 0.6 is 0 Å². The van der Waals surface area contributed by atoms with Gasteiger partial charge in [0.05, 0.1) is 6.61 Å². The lowest BCUT2D eigenvalue weighted by molar-refractivity contribution is -0.0227. The first-order chi connectivity index (χ1) is 9.73. The van der Waals surface area contributed by atoms with E-state index in [9.17, 15) is 4.39 Å². The Balaban J connectivity index is 1.58. The van der Waals surface area contributed by atoms with Crippen molar-refractivity contribution < 1.29 is 9.13 Å². The van der Waals surface area contributed by atoms with Gasteiger partial charge < -0.3 is 4.74 Å². The molecule has 110 valence electrons. The number of ether oxygens (including phenoxy) is 1. The van der Waals surface area contributed by atoms with Crippen LogP contribution in [0.25, 0.3) is 0 Å². The smallest absolute Gasteiger partial charge is 0.127 e. The van der Waals surface area contributed by atoms with Crippen LogP contribution in [-0.2, 0) is 11.3 Å². The van der Waals surface area contributed by atoms with Crippen molar-refractivity contribution in [3.05, 3.63) is 35.6 Å². The molecule has 0 aromatic heterocycles. The molecular formula is C16H23FN2O. The highest BCUT2D eigenvalue weighted by Gasteiger charge is 2.48. The minimum absolute atomic E-state index is 0.0849. The average Bonchev–Trinajstić information content (AvgIpc) is 2.87. The molecule has 2 aliphatic rings. The van der Waals surface area contributed by atoms with Gasteiger partial charge in [-0.25, -0.2) is 4.39 Å². The number of methoxy groups -OCH3 is 1. The molecule has 1 spiro atoms. The second-order valence-electron chi connectivity index (χ2n) is 6.01. The third-order valence-electron chi connectivity index (χ3n) is 4.85. The summed E-state index contributed by atoms with van der Waals surface area (Å²) < 4.78 is 18.9. The standard InChI is InChI=1S/C16H23FN2O/c1-20-11-10-19-9-7-16(19)6-8-18(13-16)12-14-4-2-3-5-15(14)17/h2-5H,6-13H2,1H3. The number of likely N-dealkylation sites (tertiary alicyclic amines) is 2. The third-order valence-corrected chi connectivity index (χ3v) is 4.85. The largest absolute Gasteiger partial charge is 0.383 e. The maximum Gasteiger partial charge on any atom is 0.127 e. The molecule has 0 aliphatic carbocycles. The molecule has 1 unspecified atom stereocenters. The van der Waals surface area contributed by atoms with Crippen LogP contribution in [-0.4, -0.2) is 55.2 Å². The van der Waals surface area contributed by atoms with Crippen LogP contribution in [0.3, 0.4) is 0 Å². The Bertz CT molecular complexity index is 468. The fourth-order valence-corrected chi connectivity index (χ4v) is 3.54. The summed E-state index contributed by atoms with van der Waals surface area (Å²) in [6.07, 6.45) is 2.47. The van der Waals surface area contributed by atoms with Gasteiger partial charge in [-0.05, 0) is 18.9 Å². The topological polar surface area (TPSA) is 15.7 Å². The zero-order chi connectivity index (χ0) is 14.0. The summed E-state index contributed by atoms with van der Waals surface area (Å²) >= 11 is 0. The predicted octanol–water partition coefficient (Wildman–Crippen LogP) is 2.12. The molecule has 0 radical (unpaired) electrons. The fourth-order valence-electron chi connectivity index (χ4n) is 3.54. The summed E-state index contributed by atoms with van der Waals surface area (Å²) in [7, 11) is 1.76. The summed E-state index contributed by atoms with van der Waals surface area (Å²) in [5.41, 5.74) is 1.15. The normalized spacial score (nSPS) is 27.1. The van der Waals surface area contributed by atoms with Crippen LogP contribution in [0.5, 0.6) is 0 Å². The molecule has 4 heteroatoms. The van der Waals surface area contributed by atoms with Gasteiger partial charge in [-0.15, -0.1) is 0 Å². The van der Waals surface area contributed by atoms with Crippen molar-refractivity contribution >= 4 is 0 Å². The number of hydrogen-bond donors (Lipinski definition) is 0. The van der Waals surface area contributed by atoms with Crippen LogP contribution in [0.1, 0.15) is 18.4 Å². The molecule has 0 amide bonds. The van der Waals surface area contributed by atoms with E-state index in [0.717, 1.165) is 38.3 Å². The predicted molar refractivity (Wildman–Crippen MR) is 77.1 cm³/mol. The van der Waals surface area contributed by atoms with Crippen molar-refractivity contribution in [2.24, 2.45) is 0 Å². The minimum atomic E-state index is -0.0849. The first kappa shape index (κ1) is 14.0. The Kier molecular flexibility index (Phi) is 4.06. The van der Waals surface area contributed by atoms with E-state index < -0.39 is 0 Å². The van der Waals surface area contributed by atoms with Crippen molar-refractivity contribution in [1.29, 1.82) is 0 Å². The van der Waals surface area contributed by atoms with Crippen LogP contribution in [0.15, 0.2) is 24.3 Å².